The van der Waals surface area contributed by atoms with Crippen molar-refractivity contribution in [2.45, 2.75) is 13.0 Å². The van der Waals surface area contributed by atoms with Gasteiger partial charge in [0.05, 0.1) is 6.10 Å². The Kier molecular flexibility index (Phi) is 4.90. The maximum Gasteiger partial charge on any atom is 0.262 e. The minimum Gasteiger partial charge on any atom is -0.484 e. The highest BCUT2D eigenvalue weighted by Gasteiger charge is 2.06. The first-order valence-corrected chi connectivity index (χ1v) is 6.51. The van der Waals surface area contributed by atoms with Gasteiger partial charge in [0.1, 0.15) is 11.6 Å². The molecule has 0 bridgehead atoms. The van der Waals surface area contributed by atoms with Gasteiger partial charge >= 0.3 is 0 Å². The maximum absolute atomic E-state index is 12.7. The first-order chi connectivity index (χ1) is 10.0. The van der Waals surface area contributed by atoms with Crippen molar-refractivity contribution in [2.24, 2.45) is 0 Å². The molecular weight excluding hydrogens is 273 g/mol. The number of benzene rings is 2. The number of carbonyl (C=O) groups excluding carboxylic acids is 1. The fourth-order valence-electron chi connectivity index (χ4n) is 1.74. The summed E-state index contributed by atoms with van der Waals surface area (Å²) < 4.78 is 18.1. The Balaban J connectivity index is 1.89. The van der Waals surface area contributed by atoms with Crippen LogP contribution in [0.15, 0.2) is 48.5 Å². The molecule has 0 spiro atoms. The largest absolute Gasteiger partial charge is 0.484 e. The van der Waals surface area contributed by atoms with Gasteiger partial charge in [-0.2, -0.15) is 0 Å². The van der Waals surface area contributed by atoms with E-state index < -0.39 is 6.10 Å². The van der Waals surface area contributed by atoms with Crippen LogP contribution in [0.3, 0.4) is 0 Å². The Morgan fingerprint density at radius 2 is 2.00 bits per heavy atom. The van der Waals surface area contributed by atoms with Crippen LogP contribution in [0.25, 0.3) is 0 Å². The van der Waals surface area contributed by atoms with Crippen LogP contribution in [-0.4, -0.2) is 17.6 Å². The zero-order chi connectivity index (χ0) is 15.2. The third-order valence-electron chi connectivity index (χ3n) is 2.84. The Morgan fingerprint density at radius 1 is 1.29 bits per heavy atom. The third kappa shape index (κ3) is 4.57. The molecule has 0 heterocycles. The molecule has 0 unspecified atom stereocenters. The molecule has 0 saturated heterocycles. The topological polar surface area (TPSA) is 58.6 Å². The number of hydrogen-bond donors (Lipinski definition) is 2. The lowest BCUT2D eigenvalue weighted by Gasteiger charge is -2.10. The van der Waals surface area contributed by atoms with Crippen LogP contribution in [0.5, 0.6) is 5.75 Å². The monoisotopic (exact) mass is 289 g/mol. The molecule has 2 aromatic rings. The highest BCUT2D eigenvalue weighted by atomic mass is 19.1. The van der Waals surface area contributed by atoms with Crippen LogP contribution in [0, 0.1) is 5.82 Å². The van der Waals surface area contributed by atoms with E-state index in [1.165, 1.54) is 24.3 Å². The molecule has 4 nitrogen and oxygen atoms in total. The molecule has 5 heteroatoms. The molecule has 0 aliphatic heterocycles. The van der Waals surface area contributed by atoms with Crippen LogP contribution < -0.4 is 10.1 Å². The summed E-state index contributed by atoms with van der Waals surface area (Å²) >= 11 is 0. The normalized spacial score (nSPS) is 11.8. The number of aliphatic hydroxyl groups excluding tert-OH is 1. The number of rotatable bonds is 5. The van der Waals surface area contributed by atoms with Gasteiger partial charge in [-0.05, 0) is 48.9 Å². The number of ether oxygens (including phenoxy) is 1. The average molecular weight is 289 g/mol. The van der Waals surface area contributed by atoms with Gasteiger partial charge in [0.15, 0.2) is 6.61 Å². The van der Waals surface area contributed by atoms with Gasteiger partial charge in [0.25, 0.3) is 5.91 Å². The summed E-state index contributed by atoms with van der Waals surface area (Å²) in [5, 5.41) is 12.1. The van der Waals surface area contributed by atoms with Gasteiger partial charge < -0.3 is 15.2 Å². The molecule has 2 N–H and O–H groups in total. The predicted octanol–water partition coefficient (Wildman–Crippen LogP) is 2.90. The second-order valence-electron chi connectivity index (χ2n) is 4.59. The lowest BCUT2D eigenvalue weighted by molar-refractivity contribution is -0.118. The van der Waals surface area contributed by atoms with Crippen LogP contribution in [-0.2, 0) is 4.79 Å². The van der Waals surface area contributed by atoms with Crippen molar-refractivity contribution in [1.29, 1.82) is 0 Å². The van der Waals surface area contributed by atoms with Gasteiger partial charge in [0, 0.05) is 5.69 Å². The van der Waals surface area contributed by atoms with E-state index in [2.05, 4.69) is 5.32 Å². The lowest BCUT2D eigenvalue weighted by Crippen LogP contribution is -2.20. The Hall–Kier alpha value is -2.40. The number of halogens is 1. The number of nitrogens with one attached hydrogen (secondary N) is 1. The summed E-state index contributed by atoms with van der Waals surface area (Å²) in [7, 11) is 0. The molecule has 0 saturated carbocycles. The smallest absolute Gasteiger partial charge is 0.262 e. The van der Waals surface area contributed by atoms with Crippen molar-refractivity contribution in [3.63, 3.8) is 0 Å². The number of aliphatic hydroxyl groups is 1. The van der Waals surface area contributed by atoms with Crippen molar-refractivity contribution in [1.82, 2.24) is 0 Å². The molecule has 1 amide bonds. The van der Waals surface area contributed by atoms with Crippen LogP contribution in [0.2, 0.25) is 0 Å². The molecule has 2 rings (SSSR count). The molecule has 21 heavy (non-hydrogen) atoms. The zero-order valence-corrected chi connectivity index (χ0v) is 11.5. The van der Waals surface area contributed by atoms with E-state index in [1.807, 2.05) is 0 Å². The summed E-state index contributed by atoms with van der Waals surface area (Å²) in [5.74, 6) is -0.203. The molecule has 0 radical (unpaired) electrons. The minimum absolute atomic E-state index is 0.166. The Labute approximate surface area is 122 Å². The van der Waals surface area contributed by atoms with E-state index in [4.69, 9.17) is 4.74 Å². The first kappa shape index (κ1) is 15.0. The summed E-state index contributed by atoms with van der Waals surface area (Å²) in [4.78, 5) is 11.7. The van der Waals surface area contributed by atoms with Gasteiger partial charge in [-0.3, -0.25) is 4.79 Å². The minimum atomic E-state index is -0.596. The van der Waals surface area contributed by atoms with Gasteiger partial charge in [0.2, 0.25) is 0 Å². The van der Waals surface area contributed by atoms with Crippen molar-refractivity contribution in [3.05, 3.63) is 59.9 Å². The zero-order valence-electron chi connectivity index (χ0n) is 11.5. The Morgan fingerprint density at radius 3 is 2.67 bits per heavy atom. The predicted molar refractivity (Wildman–Crippen MR) is 77.6 cm³/mol. The van der Waals surface area contributed by atoms with Crippen LogP contribution >= 0.6 is 0 Å². The summed E-state index contributed by atoms with van der Waals surface area (Å²) in [5.41, 5.74) is 1.22. The number of anilines is 1. The van der Waals surface area contributed by atoms with Crippen LogP contribution in [0.4, 0.5) is 10.1 Å². The lowest BCUT2D eigenvalue weighted by atomic mass is 10.1. The second-order valence-corrected chi connectivity index (χ2v) is 4.59. The van der Waals surface area contributed by atoms with E-state index in [0.717, 1.165) is 0 Å². The molecular formula is C16H16FNO3. The van der Waals surface area contributed by atoms with Gasteiger partial charge in [-0.1, -0.05) is 12.1 Å². The van der Waals surface area contributed by atoms with Gasteiger partial charge in [-0.25, -0.2) is 4.39 Å². The van der Waals surface area contributed by atoms with E-state index in [1.54, 1.807) is 31.2 Å². The average Bonchev–Trinajstić information content (AvgIpc) is 2.48. The van der Waals surface area contributed by atoms with E-state index in [0.29, 0.717) is 17.0 Å². The highest BCUT2D eigenvalue weighted by molar-refractivity contribution is 5.91. The van der Waals surface area contributed by atoms with E-state index in [9.17, 15) is 14.3 Å². The second kappa shape index (κ2) is 6.85. The summed E-state index contributed by atoms with van der Waals surface area (Å²) in [6.45, 7) is 1.49. The number of carbonyl (C=O) groups is 1. The summed E-state index contributed by atoms with van der Waals surface area (Å²) in [6, 6.07) is 12.4. The fourth-order valence-corrected chi connectivity index (χ4v) is 1.74. The number of hydrogen-bond acceptors (Lipinski definition) is 3. The summed E-state index contributed by atoms with van der Waals surface area (Å²) in [6.07, 6.45) is -0.596. The molecule has 0 aliphatic carbocycles. The maximum atomic E-state index is 12.7. The quantitative estimate of drug-likeness (QED) is 0.889. The standard InChI is InChI=1S/C16H16FNO3/c1-11(19)12-3-2-4-15(9-12)21-10-16(20)18-14-7-5-13(17)6-8-14/h2-9,11,19H,10H2,1H3,(H,18,20)/t11-/m1/s1. The molecule has 2 aromatic carbocycles. The van der Waals surface area contributed by atoms with Crippen molar-refractivity contribution < 1.29 is 19.0 Å². The molecule has 110 valence electrons. The van der Waals surface area contributed by atoms with Crippen molar-refractivity contribution in [2.75, 3.05) is 11.9 Å². The first-order valence-electron chi connectivity index (χ1n) is 6.51. The van der Waals surface area contributed by atoms with Crippen molar-refractivity contribution in [3.8, 4) is 5.75 Å². The SMILES string of the molecule is C[C@@H](O)c1cccc(OCC(=O)Nc2ccc(F)cc2)c1. The number of amides is 1. The van der Waals surface area contributed by atoms with E-state index >= 15 is 0 Å². The molecule has 1 atom stereocenters. The van der Waals surface area contributed by atoms with Gasteiger partial charge in [-0.15, -0.1) is 0 Å². The molecule has 0 fully saturated rings. The van der Waals surface area contributed by atoms with E-state index in [-0.39, 0.29) is 18.3 Å². The van der Waals surface area contributed by atoms with Crippen molar-refractivity contribution >= 4 is 11.6 Å². The molecule has 0 aromatic heterocycles. The fraction of sp³-hybridized carbons (Fsp3) is 0.188. The van der Waals surface area contributed by atoms with Crippen LogP contribution in [0.1, 0.15) is 18.6 Å². The molecule has 0 aliphatic rings. The Bertz CT molecular complexity index is 611. The third-order valence-corrected chi connectivity index (χ3v) is 2.84. The highest BCUT2D eigenvalue weighted by Crippen LogP contribution is 2.18.